The van der Waals surface area contributed by atoms with Crippen molar-refractivity contribution in [3.8, 4) is 0 Å². The first-order valence-electron chi connectivity index (χ1n) is 7.74. The molecular formula is C18H20N2O2S. The molecule has 2 aromatic carbocycles. The average Bonchev–Trinajstić information content (AvgIpc) is 3.37. The quantitative estimate of drug-likeness (QED) is 0.602. The number of hydrogen-bond donors (Lipinski definition) is 0. The standard InChI is InChI=1S/C18H20N2O2S/c1-15-7-11-18(12-8-15)23(21,22)20(14-17-9-10-17)19-13-16-5-3-2-4-6-16/h2-8,11-13,17H,9-10,14H2,1H3/b19-13+. The summed E-state index contributed by atoms with van der Waals surface area (Å²) in [6, 6.07) is 16.4. The zero-order valence-electron chi connectivity index (χ0n) is 13.1. The molecule has 1 aliphatic rings. The fraction of sp³-hybridized carbons (Fsp3) is 0.278. The van der Waals surface area contributed by atoms with Gasteiger partial charge in [0.15, 0.2) is 0 Å². The van der Waals surface area contributed by atoms with Gasteiger partial charge in [-0.1, -0.05) is 48.0 Å². The molecule has 5 heteroatoms. The molecule has 0 N–H and O–H groups in total. The molecule has 0 heterocycles. The SMILES string of the molecule is Cc1ccc(S(=O)(=O)N(CC2CC2)/N=C/c2ccccc2)cc1. The van der Waals surface area contributed by atoms with Crippen LogP contribution in [-0.4, -0.2) is 25.6 Å². The molecule has 0 amide bonds. The third kappa shape index (κ3) is 3.99. The van der Waals surface area contributed by atoms with E-state index in [1.807, 2.05) is 49.4 Å². The van der Waals surface area contributed by atoms with E-state index in [9.17, 15) is 8.42 Å². The van der Waals surface area contributed by atoms with Crippen LogP contribution in [0.5, 0.6) is 0 Å². The van der Waals surface area contributed by atoms with Crippen molar-refractivity contribution in [2.75, 3.05) is 6.54 Å². The smallest absolute Gasteiger partial charge is 0.200 e. The summed E-state index contributed by atoms with van der Waals surface area (Å²) < 4.78 is 26.9. The Morgan fingerprint density at radius 1 is 1.09 bits per heavy atom. The molecule has 23 heavy (non-hydrogen) atoms. The number of benzene rings is 2. The predicted molar refractivity (Wildman–Crippen MR) is 91.8 cm³/mol. The molecule has 0 radical (unpaired) electrons. The lowest BCUT2D eigenvalue weighted by Gasteiger charge is -2.19. The molecule has 0 aromatic heterocycles. The van der Waals surface area contributed by atoms with Crippen LogP contribution < -0.4 is 0 Å². The van der Waals surface area contributed by atoms with Gasteiger partial charge in [0.05, 0.1) is 17.7 Å². The van der Waals surface area contributed by atoms with Gasteiger partial charge in [0, 0.05) is 0 Å². The number of sulfonamides is 1. The van der Waals surface area contributed by atoms with E-state index in [2.05, 4.69) is 5.10 Å². The van der Waals surface area contributed by atoms with Crippen LogP contribution in [0.1, 0.15) is 24.0 Å². The highest BCUT2D eigenvalue weighted by atomic mass is 32.2. The number of hydrogen-bond acceptors (Lipinski definition) is 3. The van der Waals surface area contributed by atoms with E-state index in [0.717, 1.165) is 24.0 Å². The Hall–Kier alpha value is -2.14. The lowest BCUT2D eigenvalue weighted by molar-refractivity contribution is 0.415. The van der Waals surface area contributed by atoms with E-state index < -0.39 is 10.0 Å². The first kappa shape index (κ1) is 15.7. The first-order valence-corrected chi connectivity index (χ1v) is 9.18. The first-order chi connectivity index (χ1) is 11.1. The lowest BCUT2D eigenvalue weighted by atomic mass is 10.2. The fourth-order valence-electron chi connectivity index (χ4n) is 2.23. The second-order valence-electron chi connectivity index (χ2n) is 5.92. The number of nitrogens with zero attached hydrogens (tertiary/aromatic N) is 2. The summed E-state index contributed by atoms with van der Waals surface area (Å²) in [5, 5.41) is 4.26. The van der Waals surface area contributed by atoms with E-state index >= 15 is 0 Å². The molecule has 0 bridgehead atoms. The van der Waals surface area contributed by atoms with Crippen LogP contribution in [0.3, 0.4) is 0 Å². The molecule has 1 fully saturated rings. The van der Waals surface area contributed by atoms with Gasteiger partial charge in [0.25, 0.3) is 10.0 Å². The monoisotopic (exact) mass is 328 g/mol. The second kappa shape index (κ2) is 6.54. The summed E-state index contributed by atoms with van der Waals surface area (Å²) in [5.41, 5.74) is 1.91. The minimum Gasteiger partial charge on any atom is -0.200 e. The minimum atomic E-state index is -3.61. The molecule has 2 aromatic rings. The van der Waals surface area contributed by atoms with Crippen molar-refractivity contribution in [1.29, 1.82) is 0 Å². The molecular weight excluding hydrogens is 308 g/mol. The zero-order valence-corrected chi connectivity index (χ0v) is 13.9. The molecule has 0 atom stereocenters. The number of hydrazone groups is 1. The van der Waals surface area contributed by atoms with Crippen LogP contribution in [-0.2, 0) is 10.0 Å². The Morgan fingerprint density at radius 3 is 2.35 bits per heavy atom. The number of aryl methyl sites for hydroxylation is 1. The molecule has 0 unspecified atom stereocenters. The molecule has 120 valence electrons. The van der Waals surface area contributed by atoms with Gasteiger partial charge in [-0.3, -0.25) is 0 Å². The summed E-state index contributed by atoms with van der Waals surface area (Å²) in [6.07, 6.45) is 3.75. The molecule has 1 aliphatic carbocycles. The fourth-order valence-corrected chi connectivity index (χ4v) is 3.53. The van der Waals surface area contributed by atoms with E-state index in [-0.39, 0.29) is 4.90 Å². The van der Waals surface area contributed by atoms with Gasteiger partial charge >= 0.3 is 0 Å². The van der Waals surface area contributed by atoms with E-state index in [1.54, 1.807) is 18.3 Å². The van der Waals surface area contributed by atoms with Crippen LogP contribution in [0, 0.1) is 12.8 Å². The summed E-state index contributed by atoms with van der Waals surface area (Å²) in [4.78, 5) is 0.286. The summed E-state index contributed by atoms with van der Waals surface area (Å²) >= 11 is 0. The van der Waals surface area contributed by atoms with Crippen molar-refractivity contribution in [3.63, 3.8) is 0 Å². The number of rotatable bonds is 6. The van der Waals surface area contributed by atoms with Crippen LogP contribution in [0.2, 0.25) is 0 Å². The lowest BCUT2D eigenvalue weighted by Crippen LogP contribution is -2.28. The van der Waals surface area contributed by atoms with Gasteiger partial charge < -0.3 is 0 Å². The Labute approximate surface area is 137 Å². The van der Waals surface area contributed by atoms with Crippen molar-refractivity contribution < 1.29 is 8.42 Å². The van der Waals surface area contributed by atoms with Gasteiger partial charge in [-0.2, -0.15) is 17.9 Å². The van der Waals surface area contributed by atoms with E-state index in [4.69, 9.17) is 0 Å². The molecule has 0 aliphatic heterocycles. The van der Waals surface area contributed by atoms with Gasteiger partial charge in [0.1, 0.15) is 0 Å². The van der Waals surface area contributed by atoms with Crippen LogP contribution in [0.15, 0.2) is 64.6 Å². The van der Waals surface area contributed by atoms with Crippen molar-refractivity contribution in [3.05, 3.63) is 65.7 Å². The van der Waals surface area contributed by atoms with Gasteiger partial charge in [-0.25, -0.2) is 0 Å². The highest BCUT2D eigenvalue weighted by Crippen LogP contribution is 2.31. The topological polar surface area (TPSA) is 49.7 Å². The van der Waals surface area contributed by atoms with Crippen LogP contribution in [0.4, 0.5) is 0 Å². The maximum absolute atomic E-state index is 12.8. The van der Waals surface area contributed by atoms with Crippen molar-refractivity contribution in [2.45, 2.75) is 24.7 Å². The third-order valence-corrected chi connectivity index (χ3v) is 5.51. The normalized spacial score (nSPS) is 15.0. The van der Waals surface area contributed by atoms with Gasteiger partial charge in [-0.15, -0.1) is 0 Å². The average molecular weight is 328 g/mol. The van der Waals surface area contributed by atoms with Gasteiger partial charge in [0.2, 0.25) is 0 Å². The maximum atomic E-state index is 12.8. The Balaban J connectivity index is 1.88. The Bertz CT molecular complexity index is 780. The molecule has 1 saturated carbocycles. The van der Waals surface area contributed by atoms with Crippen LogP contribution >= 0.6 is 0 Å². The van der Waals surface area contributed by atoms with E-state index in [0.29, 0.717) is 12.5 Å². The summed E-state index contributed by atoms with van der Waals surface area (Å²) in [6.45, 7) is 2.38. The molecule has 3 rings (SSSR count). The van der Waals surface area contributed by atoms with Gasteiger partial charge in [-0.05, 0) is 43.4 Å². The highest BCUT2D eigenvalue weighted by Gasteiger charge is 2.30. The summed E-state index contributed by atoms with van der Waals surface area (Å²) in [5.74, 6) is 0.420. The minimum absolute atomic E-state index is 0.286. The maximum Gasteiger partial charge on any atom is 0.279 e. The van der Waals surface area contributed by atoms with Crippen LogP contribution in [0.25, 0.3) is 0 Å². The Morgan fingerprint density at radius 2 is 1.74 bits per heavy atom. The Kier molecular flexibility index (Phi) is 4.48. The summed E-state index contributed by atoms with van der Waals surface area (Å²) in [7, 11) is -3.61. The van der Waals surface area contributed by atoms with Crippen molar-refractivity contribution in [2.24, 2.45) is 11.0 Å². The predicted octanol–water partition coefficient (Wildman–Crippen LogP) is 3.43. The highest BCUT2D eigenvalue weighted by molar-refractivity contribution is 7.89. The zero-order chi connectivity index (χ0) is 16.3. The molecule has 0 saturated heterocycles. The van der Waals surface area contributed by atoms with E-state index in [1.165, 1.54) is 4.41 Å². The second-order valence-corrected chi connectivity index (χ2v) is 7.76. The van der Waals surface area contributed by atoms with Crippen molar-refractivity contribution >= 4 is 16.2 Å². The molecule has 4 nitrogen and oxygen atoms in total. The third-order valence-electron chi connectivity index (χ3n) is 3.84. The largest absolute Gasteiger partial charge is 0.279 e. The van der Waals surface area contributed by atoms with Crippen molar-refractivity contribution in [1.82, 2.24) is 4.41 Å². The molecule has 0 spiro atoms.